The summed E-state index contributed by atoms with van der Waals surface area (Å²) in [5.74, 6) is 0.0702. The van der Waals surface area contributed by atoms with Crippen LogP contribution in [0.1, 0.15) is 16.7 Å². The van der Waals surface area contributed by atoms with E-state index in [0.717, 1.165) is 16.7 Å². The molecule has 0 aliphatic carbocycles. The van der Waals surface area contributed by atoms with Gasteiger partial charge in [0.2, 0.25) is 5.91 Å². The molecule has 0 heterocycles. The molecule has 0 spiro atoms. The first-order chi connectivity index (χ1) is 12.2. The number of benzene rings is 3. The van der Waals surface area contributed by atoms with Crippen LogP contribution in [0.25, 0.3) is 0 Å². The zero-order valence-electron chi connectivity index (χ0n) is 13.9. The highest BCUT2D eigenvalue weighted by Crippen LogP contribution is 2.18. The van der Waals surface area contributed by atoms with E-state index >= 15 is 0 Å². The Bertz CT molecular complexity index is 776. The third kappa shape index (κ3) is 4.94. The van der Waals surface area contributed by atoms with Crippen LogP contribution in [-0.4, -0.2) is 10.8 Å². The van der Waals surface area contributed by atoms with Crippen LogP contribution in [-0.2, 0) is 24.3 Å². The Kier molecular flexibility index (Phi) is 5.86. The van der Waals surface area contributed by atoms with Crippen LogP contribution in [0.5, 0.6) is 0 Å². The number of halogens is 1. The highest BCUT2D eigenvalue weighted by atomic mass is 35.5. The van der Waals surface area contributed by atoms with E-state index < -0.39 is 0 Å². The molecule has 25 heavy (non-hydrogen) atoms. The first-order valence-electron chi connectivity index (χ1n) is 8.31. The van der Waals surface area contributed by atoms with Crippen LogP contribution in [0.4, 0.5) is 0 Å². The van der Waals surface area contributed by atoms with E-state index in [4.69, 9.17) is 11.6 Å². The molecular weight excluding hydrogens is 330 g/mol. The molecule has 2 nitrogen and oxygen atoms in total. The molecule has 0 aliphatic heterocycles. The van der Waals surface area contributed by atoms with Crippen LogP contribution in [0, 0.1) is 0 Å². The summed E-state index contributed by atoms with van der Waals surface area (Å²) in [5.41, 5.74) is 3.09. The average molecular weight is 350 g/mol. The fraction of sp³-hybridized carbons (Fsp3) is 0.136. The summed E-state index contributed by atoms with van der Waals surface area (Å²) in [7, 11) is 0. The van der Waals surface area contributed by atoms with Crippen molar-refractivity contribution in [2.75, 3.05) is 0 Å². The van der Waals surface area contributed by atoms with Gasteiger partial charge < -0.3 is 4.90 Å². The van der Waals surface area contributed by atoms with Gasteiger partial charge in [-0.3, -0.25) is 4.79 Å². The van der Waals surface area contributed by atoms with E-state index in [-0.39, 0.29) is 5.91 Å². The second-order valence-corrected chi connectivity index (χ2v) is 6.40. The van der Waals surface area contributed by atoms with Crippen molar-refractivity contribution in [2.24, 2.45) is 0 Å². The first-order valence-corrected chi connectivity index (χ1v) is 8.69. The van der Waals surface area contributed by atoms with E-state index in [0.29, 0.717) is 24.5 Å². The van der Waals surface area contributed by atoms with Crippen LogP contribution < -0.4 is 0 Å². The summed E-state index contributed by atoms with van der Waals surface area (Å²) in [6, 6.07) is 27.6. The Morgan fingerprint density at radius 2 is 1.20 bits per heavy atom. The average Bonchev–Trinajstić information content (AvgIpc) is 2.65. The highest BCUT2D eigenvalue weighted by molar-refractivity contribution is 6.31. The first kappa shape index (κ1) is 17.2. The van der Waals surface area contributed by atoms with Crippen molar-refractivity contribution in [3.05, 3.63) is 107 Å². The van der Waals surface area contributed by atoms with Gasteiger partial charge >= 0.3 is 0 Å². The Morgan fingerprint density at radius 3 is 1.72 bits per heavy atom. The van der Waals surface area contributed by atoms with E-state index in [1.807, 2.05) is 89.8 Å². The molecule has 0 bridgehead atoms. The van der Waals surface area contributed by atoms with E-state index in [9.17, 15) is 4.79 Å². The second kappa shape index (κ2) is 8.50. The number of carbonyl (C=O) groups is 1. The number of hydrogen-bond donors (Lipinski definition) is 0. The minimum atomic E-state index is 0.0702. The molecule has 126 valence electrons. The third-order valence-corrected chi connectivity index (χ3v) is 4.45. The lowest BCUT2D eigenvalue weighted by molar-refractivity contribution is -0.131. The van der Waals surface area contributed by atoms with Crippen LogP contribution in [0.3, 0.4) is 0 Å². The highest BCUT2D eigenvalue weighted by Gasteiger charge is 2.16. The molecular formula is C22H20ClNO. The van der Waals surface area contributed by atoms with Gasteiger partial charge in [-0.05, 0) is 22.8 Å². The molecule has 0 N–H and O–H groups in total. The van der Waals surface area contributed by atoms with Crippen LogP contribution >= 0.6 is 11.6 Å². The van der Waals surface area contributed by atoms with Crippen LogP contribution in [0.15, 0.2) is 84.9 Å². The second-order valence-electron chi connectivity index (χ2n) is 5.99. The lowest BCUT2D eigenvalue weighted by Gasteiger charge is -2.23. The third-order valence-electron chi connectivity index (χ3n) is 4.08. The van der Waals surface area contributed by atoms with Crippen molar-refractivity contribution in [1.29, 1.82) is 0 Å². The lowest BCUT2D eigenvalue weighted by Crippen LogP contribution is -2.31. The zero-order valence-corrected chi connectivity index (χ0v) is 14.7. The number of amides is 1. The number of nitrogens with zero attached hydrogens (tertiary/aromatic N) is 1. The van der Waals surface area contributed by atoms with Crippen molar-refractivity contribution in [3.8, 4) is 0 Å². The van der Waals surface area contributed by atoms with Gasteiger partial charge in [-0.2, -0.15) is 0 Å². The van der Waals surface area contributed by atoms with Gasteiger partial charge in [-0.15, -0.1) is 0 Å². The van der Waals surface area contributed by atoms with Crippen molar-refractivity contribution in [2.45, 2.75) is 19.5 Å². The maximum absolute atomic E-state index is 12.9. The minimum absolute atomic E-state index is 0.0702. The molecule has 0 atom stereocenters. The Balaban J connectivity index is 1.79. The molecule has 0 aromatic heterocycles. The molecule has 3 heteroatoms. The number of hydrogen-bond acceptors (Lipinski definition) is 1. The Hall–Kier alpha value is -2.58. The van der Waals surface area contributed by atoms with E-state index in [1.165, 1.54) is 0 Å². The zero-order chi connectivity index (χ0) is 17.5. The summed E-state index contributed by atoms with van der Waals surface area (Å²) in [5, 5.41) is 0.634. The molecule has 1 amide bonds. The summed E-state index contributed by atoms with van der Waals surface area (Å²) in [6.07, 6.45) is 0.305. The molecule has 0 saturated heterocycles. The van der Waals surface area contributed by atoms with Gasteiger partial charge in [-0.25, -0.2) is 0 Å². The van der Waals surface area contributed by atoms with E-state index in [1.54, 1.807) is 0 Å². The van der Waals surface area contributed by atoms with Gasteiger partial charge in [0, 0.05) is 18.1 Å². The maximum atomic E-state index is 12.9. The molecule has 0 saturated carbocycles. The van der Waals surface area contributed by atoms with Gasteiger partial charge in [-0.1, -0.05) is 90.5 Å². The molecule has 3 aromatic rings. The summed E-state index contributed by atoms with van der Waals surface area (Å²) in [4.78, 5) is 14.8. The minimum Gasteiger partial charge on any atom is -0.334 e. The van der Waals surface area contributed by atoms with Gasteiger partial charge in [0.25, 0.3) is 0 Å². The fourth-order valence-corrected chi connectivity index (χ4v) is 2.96. The van der Waals surface area contributed by atoms with Crippen LogP contribution in [0.2, 0.25) is 5.02 Å². The predicted molar refractivity (Wildman–Crippen MR) is 102 cm³/mol. The smallest absolute Gasteiger partial charge is 0.227 e. The summed E-state index contributed by atoms with van der Waals surface area (Å²) >= 11 is 6.22. The molecule has 0 radical (unpaired) electrons. The quantitative estimate of drug-likeness (QED) is 0.605. The fourth-order valence-electron chi connectivity index (χ4n) is 2.76. The predicted octanol–water partition coefficient (Wildman–Crippen LogP) is 5.11. The normalized spacial score (nSPS) is 10.4. The topological polar surface area (TPSA) is 20.3 Å². The molecule has 3 aromatic carbocycles. The molecule has 0 fully saturated rings. The Labute approximate surface area is 153 Å². The lowest BCUT2D eigenvalue weighted by atomic mass is 10.1. The monoisotopic (exact) mass is 349 g/mol. The number of rotatable bonds is 6. The standard InChI is InChI=1S/C22H20ClNO/c23-21-14-8-7-13-20(21)15-22(25)24(16-18-9-3-1-4-10-18)17-19-11-5-2-6-12-19/h1-14H,15-17H2. The van der Waals surface area contributed by atoms with Gasteiger partial charge in [0.1, 0.15) is 0 Å². The van der Waals surface area contributed by atoms with Gasteiger partial charge in [0.05, 0.1) is 6.42 Å². The largest absolute Gasteiger partial charge is 0.334 e. The van der Waals surface area contributed by atoms with Crippen molar-refractivity contribution >= 4 is 17.5 Å². The molecule has 0 aliphatic rings. The SMILES string of the molecule is O=C(Cc1ccccc1Cl)N(Cc1ccccc1)Cc1ccccc1. The summed E-state index contributed by atoms with van der Waals surface area (Å²) in [6.45, 7) is 1.16. The van der Waals surface area contributed by atoms with Crippen molar-refractivity contribution in [1.82, 2.24) is 4.90 Å². The van der Waals surface area contributed by atoms with Crippen molar-refractivity contribution in [3.63, 3.8) is 0 Å². The summed E-state index contributed by atoms with van der Waals surface area (Å²) < 4.78 is 0. The number of carbonyl (C=O) groups excluding carboxylic acids is 1. The van der Waals surface area contributed by atoms with E-state index in [2.05, 4.69) is 0 Å². The molecule has 3 rings (SSSR count). The maximum Gasteiger partial charge on any atom is 0.227 e. The Morgan fingerprint density at radius 1 is 0.720 bits per heavy atom. The van der Waals surface area contributed by atoms with Gasteiger partial charge in [0.15, 0.2) is 0 Å². The van der Waals surface area contributed by atoms with Crippen molar-refractivity contribution < 1.29 is 4.79 Å². The molecule has 0 unspecified atom stereocenters.